The third kappa shape index (κ3) is 7.03. The number of nitrogens with one attached hydrogen (secondary N) is 2. The second kappa shape index (κ2) is 15.2. The summed E-state index contributed by atoms with van der Waals surface area (Å²) in [5.41, 5.74) is -0.222. The van der Waals surface area contributed by atoms with Crippen LogP contribution < -0.4 is 10.6 Å². The van der Waals surface area contributed by atoms with Crippen LogP contribution in [0.2, 0.25) is 0 Å². The van der Waals surface area contributed by atoms with Crippen LogP contribution in [0.15, 0.2) is 21.2 Å². The first-order chi connectivity index (χ1) is 24.3. The number of aliphatic hydroxyl groups is 2. The van der Waals surface area contributed by atoms with Crippen molar-refractivity contribution in [1.82, 2.24) is 30.2 Å². The lowest BCUT2D eigenvalue weighted by Gasteiger charge is -2.46. The third-order valence-corrected chi connectivity index (χ3v) is 13.9. The van der Waals surface area contributed by atoms with Gasteiger partial charge in [-0.1, -0.05) is 13.8 Å². The molecule has 4 amide bonds. The molecule has 12 atom stereocenters. The average Bonchev–Trinajstić information content (AvgIpc) is 3.82. The van der Waals surface area contributed by atoms with Crippen molar-refractivity contribution < 1.29 is 49.2 Å². The highest BCUT2D eigenvalue weighted by Gasteiger charge is 2.60. The molecular formula is C34H50N6O10S2. The van der Waals surface area contributed by atoms with Gasteiger partial charge in [-0.2, -0.15) is 0 Å². The first kappa shape index (κ1) is 39.9. The zero-order valence-electron chi connectivity index (χ0n) is 30.6. The molecule has 0 spiro atoms. The lowest BCUT2D eigenvalue weighted by Crippen LogP contribution is -2.63. The maximum atomic E-state index is 14.6. The largest absolute Gasteiger partial charge is 0.477 e. The highest BCUT2D eigenvalue weighted by atomic mass is 32.2. The number of hydrogen-bond donors (Lipinski definition) is 6. The Morgan fingerprint density at radius 3 is 2.02 bits per heavy atom. The Bertz CT molecular complexity index is 1580. The summed E-state index contributed by atoms with van der Waals surface area (Å²) in [5, 5.41) is 47.4. The van der Waals surface area contributed by atoms with Crippen LogP contribution in [-0.2, 0) is 28.8 Å². The molecule has 3 saturated heterocycles. The second-order valence-electron chi connectivity index (χ2n) is 14.9. The maximum Gasteiger partial charge on any atom is 0.353 e. The molecule has 0 radical (unpaired) electrons. The van der Waals surface area contributed by atoms with Gasteiger partial charge in [0, 0.05) is 79.5 Å². The number of fused-ring (bicyclic) bond motifs is 1. The van der Waals surface area contributed by atoms with Gasteiger partial charge in [-0.05, 0) is 26.7 Å². The number of aliphatic carboxylic acids is 2. The number of likely N-dealkylation sites (tertiary alicyclic amines) is 1. The Morgan fingerprint density at radius 2 is 1.48 bits per heavy atom. The number of β-lactam (4-membered cyclic amide) rings is 1. The normalized spacial score (nSPS) is 33.0. The molecule has 3 fully saturated rings. The number of aliphatic hydroxyl groups excluding tert-OH is 2. The number of carboxylic acid groups (broad SMARTS) is 2. The number of carbonyl (C=O) groups is 6. The number of rotatable bonds is 12. The lowest BCUT2D eigenvalue weighted by molar-refractivity contribution is -0.163. The van der Waals surface area contributed by atoms with Crippen molar-refractivity contribution in [3.05, 3.63) is 21.2 Å². The first-order valence-electron chi connectivity index (χ1n) is 17.5. The molecule has 5 aliphatic rings. The highest BCUT2D eigenvalue weighted by molar-refractivity contribution is 8.04. The van der Waals surface area contributed by atoms with Gasteiger partial charge in [-0.15, -0.1) is 23.5 Å². The van der Waals surface area contributed by atoms with Gasteiger partial charge in [0.2, 0.25) is 23.6 Å². The zero-order chi connectivity index (χ0) is 38.7. The number of hydrogen-bond acceptors (Lipinski definition) is 12. The molecule has 0 aromatic heterocycles. The van der Waals surface area contributed by atoms with Gasteiger partial charge in [-0.3, -0.25) is 19.2 Å². The van der Waals surface area contributed by atoms with E-state index in [-0.39, 0.29) is 41.4 Å². The molecule has 5 heterocycles. The zero-order valence-corrected chi connectivity index (χ0v) is 32.2. The quantitative estimate of drug-likeness (QED) is 0.137. The fraction of sp³-hybridized carbons (Fsp3) is 0.706. The summed E-state index contributed by atoms with van der Waals surface area (Å²) in [6.07, 6.45) is -1.54. The van der Waals surface area contributed by atoms with E-state index in [9.17, 15) is 49.2 Å². The van der Waals surface area contributed by atoms with E-state index in [0.717, 1.165) is 0 Å². The van der Waals surface area contributed by atoms with Gasteiger partial charge < -0.3 is 50.7 Å². The van der Waals surface area contributed by atoms with Crippen molar-refractivity contribution >= 4 is 59.1 Å². The average molecular weight is 767 g/mol. The van der Waals surface area contributed by atoms with Crippen molar-refractivity contribution in [3.63, 3.8) is 0 Å². The second-order valence-corrected chi connectivity index (χ2v) is 17.6. The van der Waals surface area contributed by atoms with Gasteiger partial charge in [-0.25, -0.2) is 9.59 Å². The van der Waals surface area contributed by atoms with Crippen LogP contribution >= 0.6 is 23.5 Å². The van der Waals surface area contributed by atoms with Gasteiger partial charge in [0.05, 0.1) is 36.1 Å². The molecule has 5 aliphatic heterocycles. The molecule has 16 nitrogen and oxygen atoms in total. The van der Waals surface area contributed by atoms with Gasteiger partial charge in [0.15, 0.2) is 0 Å². The van der Waals surface area contributed by atoms with Crippen molar-refractivity contribution in [1.29, 1.82) is 0 Å². The van der Waals surface area contributed by atoms with Crippen LogP contribution in [-0.4, -0.2) is 164 Å². The molecule has 6 N–H and O–H groups in total. The number of likely N-dealkylation sites (N-methyl/N-ethyl adjacent to an activating group) is 2. The number of carbonyl (C=O) groups excluding carboxylic acids is 4. The molecule has 0 saturated carbocycles. The molecule has 288 valence electrons. The van der Waals surface area contributed by atoms with Crippen LogP contribution in [0, 0.1) is 23.7 Å². The maximum absolute atomic E-state index is 14.6. The SMILES string of the molecule is C[C@H]1C(S[C@@H]2CN[C@H](C(=O)N(C)C)C2)=C(C(=O)O)NC1[C@H](C(=O)N1C[C@@H](SC2=C(C(=O)O)N3C(=O)[C@H]([C@@H](C)O)C3[C@H]2C)C[C@H]1C(=O)N(C)C)[C@@H](C)O. The van der Waals surface area contributed by atoms with Gasteiger partial charge >= 0.3 is 11.9 Å². The van der Waals surface area contributed by atoms with Gasteiger partial charge in [0.1, 0.15) is 17.4 Å². The van der Waals surface area contributed by atoms with E-state index in [2.05, 4.69) is 10.6 Å². The molecule has 5 rings (SSSR count). The van der Waals surface area contributed by atoms with E-state index in [4.69, 9.17) is 0 Å². The van der Waals surface area contributed by atoms with Crippen LogP contribution in [0.5, 0.6) is 0 Å². The Balaban J connectivity index is 1.38. The molecule has 18 heteroatoms. The summed E-state index contributed by atoms with van der Waals surface area (Å²) in [7, 11) is 6.48. The van der Waals surface area contributed by atoms with Crippen molar-refractivity contribution in [2.24, 2.45) is 23.7 Å². The summed E-state index contributed by atoms with van der Waals surface area (Å²) in [6, 6.07) is -2.69. The molecule has 0 aromatic carbocycles. The van der Waals surface area contributed by atoms with E-state index >= 15 is 0 Å². The molecule has 52 heavy (non-hydrogen) atoms. The Hall–Kier alpha value is -3.32. The molecule has 0 aromatic rings. The topological polar surface area (TPSA) is 220 Å². The minimum atomic E-state index is -1.28. The summed E-state index contributed by atoms with van der Waals surface area (Å²) < 4.78 is 0. The highest BCUT2D eigenvalue weighted by Crippen LogP contribution is 2.52. The first-order valence-corrected chi connectivity index (χ1v) is 19.2. The summed E-state index contributed by atoms with van der Waals surface area (Å²) in [5.74, 6) is -6.74. The van der Waals surface area contributed by atoms with Crippen molar-refractivity contribution in [2.75, 3.05) is 41.3 Å². The van der Waals surface area contributed by atoms with Crippen molar-refractivity contribution in [2.45, 2.75) is 87.4 Å². The molecular weight excluding hydrogens is 717 g/mol. The molecule has 0 bridgehead atoms. The molecule has 0 aliphatic carbocycles. The van der Waals surface area contributed by atoms with E-state index in [0.29, 0.717) is 22.8 Å². The fourth-order valence-electron chi connectivity index (χ4n) is 8.33. The lowest BCUT2D eigenvalue weighted by atomic mass is 9.79. The van der Waals surface area contributed by atoms with Crippen LogP contribution in [0.25, 0.3) is 0 Å². The Kier molecular flexibility index (Phi) is 11.7. The Labute approximate surface area is 311 Å². The fourth-order valence-corrected chi connectivity index (χ4v) is 11.3. The van der Waals surface area contributed by atoms with E-state index in [1.54, 1.807) is 42.0 Å². The number of amides is 4. The number of thioether (sulfide) groups is 2. The summed E-state index contributed by atoms with van der Waals surface area (Å²) in [4.78, 5) is 85.0. The molecule has 2 unspecified atom stereocenters. The van der Waals surface area contributed by atoms with Crippen LogP contribution in [0.3, 0.4) is 0 Å². The summed E-state index contributed by atoms with van der Waals surface area (Å²) >= 11 is 2.56. The van der Waals surface area contributed by atoms with E-state index < -0.39 is 89.0 Å². The number of nitrogens with zero attached hydrogens (tertiary/aromatic N) is 4. The predicted molar refractivity (Wildman–Crippen MR) is 192 cm³/mol. The smallest absolute Gasteiger partial charge is 0.353 e. The van der Waals surface area contributed by atoms with Gasteiger partial charge in [0.25, 0.3) is 0 Å². The summed E-state index contributed by atoms with van der Waals surface area (Å²) in [6.45, 7) is 7.07. The predicted octanol–water partition coefficient (Wildman–Crippen LogP) is -0.616. The van der Waals surface area contributed by atoms with Crippen molar-refractivity contribution in [3.8, 4) is 0 Å². The number of carboxylic acids is 2. The Morgan fingerprint density at radius 1 is 0.865 bits per heavy atom. The van der Waals surface area contributed by atoms with E-state index in [1.165, 1.54) is 57.0 Å². The third-order valence-electron chi connectivity index (χ3n) is 10.9. The minimum Gasteiger partial charge on any atom is -0.477 e. The van der Waals surface area contributed by atoms with Crippen LogP contribution in [0.1, 0.15) is 40.5 Å². The van der Waals surface area contributed by atoms with E-state index in [1.807, 2.05) is 0 Å². The minimum absolute atomic E-state index is 0.0372. The van der Waals surface area contributed by atoms with Crippen LogP contribution in [0.4, 0.5) is 0 Å². The monoisotopic (exact) mass is 766 g/mol. The standard InChI is InChI=1S/C34H50N6O10S2/c1-13-23(36-24(33(47)48)27(13)51-17-9-19(35-11-17)29(43)37(5)6)21(15(3)41)31(45)39-12-18(10-20(39)30(44)38(7)8)52-28-14(2)25-22(16(4)42)32(46)40(25)26(28)34(49)50/h13-23,25,35-36,41-42H,9-12H2,1-8H3,(H,47,48)(H,49,50)/t13-,14-,15-,16-,17+,18+,19+,20+,21-,22-,23?,25?/m1/s1.